The Morgan fingerprint density at radius 3 is 2.50 bits per heavy atom. The maximum absolute atomic E-state index is 12.7. The molecule has 0 bridgehead atoms. The highest BCUT2D eigenvalue weighted by Crippen LogP contribution is 2.25. The number of ether oxygens (including phenoxy) is 1. The number of aryl methyl sites for hydroxylation is 2. The van der Waals surface area contributed by atoms with Crippen molar-refractivity contribution < 1.29 is 14.1 Å². The molecule has 3 rings (SSSR count). The number of carbonyl (C=O) groups is 1. The van der Waals surface area contributed by atoms with Gasteiger partial charge in [0.1, 0.15) is 11.5 Å². The minimum Gasteiger partial charge on any atom is -0.497 e. The maximum Gasteiger partial charge on any atom is 0.225 e. The first-order chi connectivity index (χ1) is 12.6. The lowest BCUT2D eigenvalue weighted by Crippen LogP contribution is -2.30. The van der Waals surface area contributed by atoms with Crippen LogP contribution in [0.3, 0.4) is 0 Å². The molecule has 0 aliphatic carbocycles. The number of aromatic nitrogens is 1. The number of benzene rings is 2. The van der Waals surface area contributed by atoms with E-state index >= 15 is 0 Å². The summed E-state index contributed by atoms with van der Waals surface area (Å²) in [7, 11) is 1.63. The Morgan fingerprint density at radius 2 is 1.85 bits per heavy atom. The van der Waals surface area contributed by atoms with Crippen LogP contribution in [-0.2, 0) is 11.2 Å². The highest BCUT2D eigenvalue weighted by atomic mass is 16.5. The first kappa shape index (κ1) is 17.7. The monoisotopic (exact) mass is 350 g/mol. The van der Waals surface area contributed by atoms with Crippen molar-refractivity contribution >= 4 is 5.91 Å². The largest absolute Gasteiger partial charge is 0.497 e. The molecule has 1 aromatic heterocycles. The van der Waals surface area contributed by atoms with Gasteiger partial charge in [-0.3, -0.25) is 4.79 Å². The van der Waals surface area contributed by atoms with Crippen LogP contribution in [0.25, 0.3) is 0 Å². The van der Waals surface area contributed by atoms with Crippen molar-refractivity contribution in [1.29, 1.82) is 0 Å². The van der Waals surface area contributed by atoms with E-state index < -0.39 is 0 Å². The molecule has 0 spiro atoms. The number of hydrogen-bond acceptors (Lipinski definition) is 4. The average molecular weight is 350 g/mol. The zero-order valence-electron chi connectivity index (χ0n) is 15.2. The fourth-order valence-corrected chi connectivity index (χ4v) is 2.95. The van der Waals surface area contributed by atoms with E-state index in [0.29, 0.717) is 5.76 Å². The molecule has 1 atom stereocenters. The highest BCUT2D eigenvalue weighted by molar-refractivity contribution is 5.80. The Kier molecular flexibility index (Phi) is 5.37. The minimum atomic E-state index is -0.265. The van der Waals surface area contributed by atoms with Crippen molar-refractivity contribution in [2.45, 2.75) is 26.3 Å². The van der Waals surface area contributed by atoms with Crippen LogP contribution in [-0.4, -0.2) is 18.2 Å². The lowest BCUT2D eigenvalue weighted by Gasteiger charge is -2.20. The number of carbonyl (C=O) groups excluding carboxylic acids is 1. The molecular formula is C21H22N2O3. The van der Waals surface area contributed by atoms with Gasteiger partial charge in [0.05, 0.1) is 25.3 Å². The van der Waals surface area contributed by atoms with Crippen molar-refractivity contribution in [2.75, 3.05) is 7.11 Å². The smallest absolute Gasteiger partial charge is 0.225 e. The summed E-state index contributed by atoms with van der Waals surface area (Å²) >= 11 is 0. The van der Waals surface area contributed by atoms with Gasteiger partial charge in [-0.05, 0) is 37.1 Å². The summed E-state index contributed by atoms with van der Waals surface area (Å²) in [5, 5.41) is 7.05. The predicted molar refractivity (Wildman–Crippen MR) is 99.1 cm³/mol. The standard InChI is InChI=1S/C21H22N2O3/c1-14-19(15(2)26-23-14)13-20(24)22-21(16-8-5-4-6-9-16)17-10-7-11-18(12-17)25-3/h4-12,21H,13H2,1-3H3,(H,22,24)/t21-/m0/s1. The summed E-state index contributed by atoms with van der Waals surface area (Å²) in [6.45, 7) is 3.66. The zero-order valence-corrected chi connectivity index (χ0v) is 15.2. The topological polar surface area (TPSA) is 64.4 Å². The van der Waals surface area contributed by atoms with Gasteiger partial charge in [-0.15, -0.1) is 0 Å². The number of hydrogen-bond donors (Lipinski definition) is 1. The molecule has 0 aliphatic rings. The number of nitrogens with zero attached hydrogens (tertiary/aromatic N) is 1. The summed E-state index contributed by atoms with van der Waals surface area (Å²) in [5.41, 5.74) is 3.55. The second-order valence-corrected chi connectivity index (χ2v) is 6.17. The van der Waals surface area contributed by atoms with E-state index in [1.165, 1.54) is 0 Å². The molecule has 0 radical (unpaired) electrons. The molecule has 3 aromatic rings. The van der Waals surface area contributed by atoms with Gasteiger partial charge in [0.25, 0.3) is 0 Å². The van der Waals surface area contributed by atoms with E-state index in [0.717, 1.165) is 28.1 Å². The molecule has 0 unspecified atom stereocenters. The number of nitrogens with one attached hydrogen (secondary N) is 1. The van der Waals surface area contributed by atoms with Crippen molar-refractivity contribution in [3.63, 3.8) is 0 Å². The van der Waals surface area contributed by atoms with Crippen molar-refractivity contribution in [3.8, 4) is 5.75 Å². The van der Waals surface area contributed by atoms with Crippen molar-refractivity contribution in [3.05, 3.63) is 82.7 Å². The van der Waals surface area contributed by atoms with Gasteiger partial charge in [0.2, 0.25) is 5.91 Å². The minimum absolute atomic E-state index is 0.0870. The Morgan fingerprint density at radius 1 is 1.12 bits per heavy atom. The lowest BCUT2D eigenvalue weighted by atomic mass is 9.98. The first-order valence-corrected chi connectivity index (χ1v) is 8.48. The number of methoxy groups -OCH3 is 1. The maximum atomic E-state index is 12.7. The van der Waals surface area contributed by atoms with Crippen LogP contribution in [0.1, 0.15) is 34.2 Å². The summed E-state index contributed by atoms with van der Waals surface area (Å²) in [6.07, 6.45) is 0.231. The molecular weight excluding hydrogens is 328 g/mol. The molecule has 1 N–H and O–H groups in total. The summed E-state index contributed by atoms with van der Waals surface area (Å²) in [4.78, 5) is 12.7. The fourth-order valence-electron chi connectivity index (χ4n) is 2.95. The molecule has 26 heavy (non-hydrogen) atoms. The Hall–Kier alpha value is -3.08. The van der Waals surface area contributed by atoms with E-state index in [9.17, 15) is 4.79 Å². The normalized spacial score (nSPS) is 11.8. The van der Waals surface area contributed by atoms with Crippen LogP contribution in [0, 0.1) is 13.8 Å². The number of amides is 1. The number of rotatable bonds is 6. The van der Waals surface area contributed by atoms with Gasteiger partial charge in [-0.2, -0.15) is 0 Å². The van der Waals surface area contributed by atoms with Crippen LogP contribution < -0.4 is 10.1 Å². The Labute approximate surface area is 153 Å². The first-order valence-electron chi connectivity index (χ1n) is 8.48. The van der Waals surface area contributed by atoms with Gasteiger partial charge < -0.3 is 14.6 Å². The van der Waals surface area contributed by atoms with E-state index in [4.69, 9.17) is 9.26 Å². The molecule has 5 nitrogen and oxygen atoms in total. The van der Waals surface area contributed by atoms with Gasteiger partial charge in [-0.25, -0.2) is 0 Å². The zero-order chi connectivity index (χ0) is 18.5. The van der Waals surface area contributed by atoms with Gasteiger partial charge in [0.15, 0.2) is 0 Å². The highest BCUT2D eigenvalue weighted by Gasteiger charge is 2.20. The van der Waals surface area contributed by atoms with E-state index in [2.05, 4.69) is 10.5 Å². The third-order valence-electron chi connectivity index (χ3n) is 4.38. The Bertz CT molecular complexity index is 868. The van der Waals surface area contributed by atoms with E-state index in [1.807, 2.05) is 68.4 Å². The van der Waals surface area contributed by atoms with Crippen LogP contribution >= 0.6 is 0 Å². The molecule has 0 aliphatic heterocycles. The van der Waals surface area contributed by atoms with Gasteiger partial charge >= 0.3 is 0 Å². The lowest BCUT2D eigenvalue weighted by molar-refractivity contribution is -0.121. The average Bonchev–Trinajstić information content (AvgIpc) is 2.99. The quantitative estimate of drug-likeness (QED) is 0.735. The van der Waals surface area contributed by atoms with Crippen molar-refractivity contribution in [2.24, 2.45) is 0 Å². The summed E-state index contributed by atoms with van der Waals surface area (Å²) in [6, 6.07) is 17.3. The Balaban J connectivity index is 1.87. The van der Waals surface area contributed by atoms with Crippen LogP contribution in [0.15, 0.2) is 59.1 Å². The van der Waals surface area contributed by atoms with E-state index in [-0.39, 0.29) is 18.4 Å². The van der Waals surface area contributed by atoms with Crippen molar-refractivity contribution in [1.82, 2.24) is 10.5 Å². The summed E-state index contributed by atoms with van der Waals surface area (Å²) in [5.74, 6) is 1.34. The van der Waals surface area contributed by atoms with Crippen LogP contribution in [0.2, 0.25) is 0 Å². The van der Waals surface area contributed by atoms with E-state index in [1.54, 1.807) is 7.11 Å². The molecule has 134 valence electrons. The second-order valence-electron chi connectivity index (χ2n) is 6.17. The molecule has 1 amide bonds. The molecule has 5 heteroatoms. The van der Waals surface area contributed by atoms with Crippen LogP contribution in [0.4, 0.5) is 0 Å². The third kappa shape index (κ3) is 3.94. The molecule has 0 saturated heterocycles. The predicted octanol–water partition coefficient (Wildman–Crippen LogP) is 3.75. The molecule has 1 heterocycles. The molecule has 0 fully saturated rings. The van der Waals surface area contributed by atoms with Gasteiger partial charge in [0, 0.05) is 5.56 Å². The van der Waals surface area contributed by atoms with Gasteiger partial charge in [-0.1, -0.05) is 47.6 Å². The molecule has 2 aromatic carbocycles. The SMILES string of the molecule is COc1cccc([C@@H](NC(=O)Cc2c(C)noc2C)c2ccccc2)c1. The second kappa shape index (κ2) is 7.87. The van der Waals surface area contributed by atoms with Crippen LogP contribution in [0.5, 0.6) is 5.75 Å². The third-order valence-corrected chi connectivity index (χ3v) is 4.38. The molecule has 0 saturated carbocycles. The summed E-state index contributed by atoms with van der Waals surface area (Å²) < 4.78 is 10.5. The fraction of sp³-hybridized carbons (Fsp3) is 0.238.